The maximum Gasteiger partial charge on any atom is 0.317 e. The summed E-state index contributed by atoms with van der Waals surface area (Å²) >= 11 is 0. The van der Waals surface area contributed by atoms with Crippen molar-refractivity contribution in [3.05, 3.63) is 70.3 Å². The molecule has 1 heterocycles. The Morgan fingerprint density at radius 1 is 1.06 bits per heavy atom. The number of hydrogen-bond acceptors (Lipinski definition) is 3. The third kappa shape index (κ3) is 4.28. The number of urea groups is 1. The van der Waals surface area contributed by atoms with Gasteiger partial charge in [-0.15, -0.1) is 0 Å². The Balaban J connectivity index is 1.35. The summed E-state index contributed by atoms with van der Waals surface area (Å²) in [7, 11) is 0. The Morgan fingerprint density at radius 2 is 1.81 bits per heavy atom. The molecular formula is C23H23F2N3O3. The molecule has 31 heavy (non-hydrogen) atoms. The first kappa shape index (κ1) is 21.0. The second-order valence-electron chi connectivity index (χ2n) is 8.40. The van der Waals surface area contributed by atoms with Crippen molar-refractivity contribution in [2.75, 3.05) is 13.1 Å². The van der Waals surface area contributed by atoms with Gasteiger partial charge in [-0.3, -0.25) is 9.59 Å². The quantitative estimate of drug-likeness (QED) is 0.788. The molecule has 2 aliphatic rings. The van der Waals surface area contributed by atoms with Crippen molar-refractivity contribution in [2.24, 2.45) is 11.1 Å². The lowest BCUT2D eigenvalue weighted by Gasteiger charge is -2.44. The lowest BCUT2D eigenvalue weighted by atomic mass is 9.66. The van der Waals surface area contributed by atoms with Gasteiger partial charge < -0.3 is 16.0 Å². The Labute approximate surface area is 178 Å². The van der Waals surface area contributed by atoms with E-state index in [0.29, 0.717) is 49.9 Å². The molecule has 1 saturated heterocycles. The SMILES string of the molecule is NC(=O)c1cc(CNC(=O)N2CCC3(CC2)CC(=O)c2cc(F)ccc2C3)ccc1F. The number of hydrogen-bond donors (Lipinski definition) is 2. The predicted molar refractivity (Wildman–Crippen MR) is 109 cm³/mol. The number of benzene rings is 2. The number of carbonyl (C=O) groups is 3. The van der Waals surface area contributed by atoms with E-state index in [-0.39, 0.29) is 29.3 Å². The summed E-state index contributed by atoms with van der Waals surface area (Å²) in [5.41, 5.74) is 6.65. The summed E-state index contributed by atoms with van der Waals surface area (Å²) in [5.74, 6) is -2.01. The van der Waals surface area contributed by atoms with Crippen molar-refractivity contribution in [3.63, 3.8) is 0 Å². The second kappa shape index (κ2) is 8.09. The van der Waals surface area contributed by atoms with E-state index < -0.39 is 17.5 Å². The highest BCUT2D eigenvalue weighted by Crippen LogP contribution is 2.43. The third-order valence-electron chi connectivity index (χ3n) is 6.32. The van der Waals surface area contributed by atoms with Crippen LogP contribution in [0.3, 0.4) is 0 Å². The molecule has 1 aliphatic heterocycles. The van der Waals surface area contributed by atoms with Gasteiger partial charge in [-0.2, -0.15) is 0 Å². The number of nitrogens with zero attached hydrogens (tertiary/aromatic N) is 1. The summed E-state index contributed by atoms with van der Waals surface area (Å²) < 4.78 is 27.1. The molecule has 1 spiro atoms. The average Bonchev–Trinajstić information content (AvgIpc) is 2.74. The Bertz CT molecular complexity index is 1060. The zero-order chi connectivity index (χ0) is 22.2. The van der Waals surface area contributed by atoms with Crippen LogP contribution >= 0.6 is 0 Å². The van der Waals surface area contributed by atoms with E-state index in [1.807, 2.05) is 0 Å². The van der Waals surface area contributed by atoms with Gasteiger partial charge in [-0.05, 0) is 60.1 Å². The topological polar surface area (TPSA) is 92.5 Å². The molecule has 6 nitrogen and oxygen atoms in total. The minimum atomic E-state index is -0.863. The molecule has 1 fully saturated rings. The molecule has 0 bridgehead atoms. The van der Waals surface area contributed by atoms with Crippen LogP contribution in [0.4, 0.5) is 13.6 Å². The van der Waals surface area contributed by atoms with Gasteiger partial charge in [0, 0.05) is 31.6 Å². The lowest BCUT2D eigenvalue weighted by molar-refractivity contribution is 0.0735. The Morgan fingerprint density at radius 3 is 2.52 bits per heavy atom. The highest BCUT2D eigenvalue weighted by Gasteiger charge is 2.41. The first-order valence-electron chi connectivity index (χ1n) is 10.2. The molecule has 0 aromatic heterocycles. The normalized spacial score (nSPS) is 17.4. The van der Waals surface area contributed by atoms with E-state index in [1.165, 1.54) is 24.3 Å². The van der Waals surface area contributed by atoms with E-state index in [2.05, 4.69) is 5.32 Å². The Kier molecular flexibility index (Phi) is 5.47. The van der Waals surface area contributed by atoms with Crippen molar-refractivity contribution in [1.82, 2.24) is 10.2 Å². The molecule has 4 rings (SSSR count). The first-order valence-corrected chi connectivity index (χ1v) is 10.2. The Hall–Kier alpha value is -3.29. The number of halogens is 2. The molecule has 3 N–H and O–H groups in total. The number of nitrogens with two attached hydrogens (primary N) is 1. The number of carbonyl (C=O) groups excluding carboxylic acids is 3. The fourth-order valence-corrected chi connectivity index (χ4v) is 4.56. The fourth-order valence-electron chi connectivity index (χ4n) is 4.56. The van der Waals surface area contributed by atoms with Gasteiger partial charge in [0.2, 0.25) is 0 Å². The van der Waals surface area contributed by atoms with Gasteiger partial charge in [0.25, 0.3) is 5.91 Å². The first-order chi connectivity index (χ1) is 14.8. The van der Waals surface area contributed by atoms with Crippen molar-refractivity contribution >= 4 is 17.7 Å². The highest BCUT2D eigenvalue weighted by atomic mass is 19.1. The van der Waals surface area contributed by atoms with Crippen LogP contribution in [0, 0.1) is 17.0 Å². The maximum absolute atomic E-state index is 13.6. The number of piperidine rings is 1. The molecule has 1 aliphatic carbocycles. The number of Topliss-reactive ketones (excluding diaryl/α,β-unsaturated/α-hetero) is 1. The summed E-state index contributed by atoms with van der Waals surface area (Å²) in [6.07, 6.45) is 2.44. The molecule has 0 saturated carbocycles. The second-order valence-corrected chi connectivity index (χ2v) is 8.40. The van der Waals surface area contributed by atoms with Crippen LogP contribution in [-0.2, 0) is 13.0 Å². The van der Waals surface area contributed by atoms with E-state index >= 15 is 0 Å². The summed E-state index contributed by atoms with van der Waals surface area (Å²) in [6, 6.07) is 8.09. The zero-order valence-corrected chi connectivity index (χ0v) is 16.9. The van der Waals surface area contributed by atoms with E-state index in [1.54, 1.807) is 11.0 Å². The third-order valence-corrected chi connectivity index (χ3v) is 6.32. The fraction of sp³-hybridized carbons (Fsp3) is 0.348. The zero-order valence-electron chi connectivity index (χ0n) is 16.9. The van der Waals surface area contributed by atoms with Crippen LogP contribution < -0.4 is 11.1 Å². The van der Waals surface area contributed by atoms with E-state index in [9.17, 15) is 23.2 Å². The van der Waals surface area contributed by atoms with Crippen LogP contribution in [0.15, 0.2) is 36.4 Å². The minimum Gasteiger partial charge on any atom is -0.366 e. The monoisotopic (exact) mass is 427 g/mol. The largest absolute Gasteiger partial charge is 0.366 e. The molecule has 0 unspecified atom stereocenters. The summed E-state index contributed by atoms with van der Waals surface area (Å²) in [6.45, 7) is 1.15. The van der Waals surface area contributed by atoms with Crippen molar-refractivity contribution in [1.29, 1.82) is 0 Å². The van der Waals surface area contributed by atoms with E-state index in [0.717, 1.165) is 11.6 Å². The van der Waals surface area contributed by atoms with Gasteiger partial charge >= 0.3 is 6.03 Å². The maximum atomic E-state index is 13.6. The van der Waals surface area contributed by atoms with Crippen LogP contribution in [0.1, 0.15) is 51.1 Å². The van der Waals surface area contributed by atoms with Crippen LogP contribution in [0.25, 0.3) is 0 Å². The number of nitrogens with one attached hydrogen (secondary N) is 1. The number of likely N-dealkylation sites (tertiary alicyclic amines) is 1. The minimum absolute atomic E-state index is 0.0415. The smallest absolute Gasteiger partial charge is 0.317 e. The number of rotatable bonds is 3. The molecule has 162 valence electrons. The van der Waals surface area contributed by atoms with Gasteiger partial charge in [-0.1, -0.05) is 12.1 Å². The number of ketones is 1. The van der Waals surface area contributed by atoms with Gasteiger partial charge in [0.1, 0.15) is 11.6 Å². The molecular weight excluding hydrogens is 404 g/mol. The average molecular weight is 427 g/mol. The van der Waals surface area contributed by atoms with Gasteiger partial charge in [0.15, 0.2) is 5.78 Å². The molecule has 3 amide bonds. The van der Waals surface area contributed by atoms with E-state index in [4.69, 9.17) is 5.73 Å². The summed E-state index contributed by atoms with van der Waals surface area (Å²) in [5, 5.41) is 2.78. The molecule has 2 aromatic rings. The number of primary amides is 1. The predicted octanol–water partition coefficient (Wildman–Crippen LogP) is 3.18. The van der Waals surface area contributed by atoms with Crippen LogP contribution in [0.2, 0.25) is 0 Å². The van der Waals surface area contributed by atoms with Crippen molar-refractivity contribution < 1.29 is 23.2 Å². The highest BCUT2D eigenvalue weighted by molar-refractivity contribution is 5.99. The standard InChI is InChI=1S/C23H23F2N3O3/c24-16-3-2-15-11-23(12-20(29)17(15)10-16)5-7-28(8-6-23)22(31)27-13-14-1-4-19(25)18(9-14)21(26)30/h1-4,9-10H,5-8,11-13H2,(H2,26,30)(H,27,31). The summed E-state index contributed by atoms with van der Waals surface area (Å²) in [4.78, 5) is 38.1. The lowest BCUT2D eigenvalue weighted by Crippen LogP contribution is -2.49. The molecule has 0 radical (unpaired) electrons. The van der Waals surface area contributed by atoms with Gasteiger partial charge in [0.05, 0.1) is 5.56 Å². The number of amides is 3. The van der Waals surface area contributed by atoms with Gasteiger partial charge in [-0.25, -0.2) is 13.6 Å². The molecule has 2 aromatic carbocycles. The number of fused-ring (bicyclic) bond motifs is 1. The molecule has 0 atom stereocenters. The van der Waals surface area contributed by atoms with Crippen molar-refractivity contribution in [2.45, 2.75) is 32.2 Å². The van der Waals surface area contributed by atoms with Crippen LogP contribution in [-0.4, -0.2) is 35.7 Å². The van der Waals surface area contributed by atoms with Crippen molar-refractivity contribution in [3.8, 4) is 0 Å². The molecule has 8 heteroatoms. The van der Waals surface area contributed by atoms with Crippen LogP contribution in [0.5, 0.6) is 0 Å².